The molecule has 0 radical (unpaired) electrons. The van der Waals surface area contributed by atoms with E-state index in [1.54, 1.807) is 7.05 Å². The second-order valence-electron chi connectivity index (χ2n) is 6.85. The molecule has 0 saturated carbocycles. The summed E-state index contributed by atoms with van der Waals surface area (Å²) < 4.78 is 5.32. The number of rotatable bonds is 9. The number of carbonyl (C=O) groups excluding carboxylic acids is 1. The quantitative estimate of drug-likeness (QED) is 0.341. The molecule has 7 nitrogen and oxygen atoms in total. The summed E-state index contributed by atoms with van der Waals surface area (Å²) >= 11 is 0. The first-order valence-electron chi connectivity index (χ1n) is 9.74. The Morgan fingerprint density at radius 3 is 2.93 bits per heavy atom. The minimum atomic E-state index is -0.180. The molecule has 1 saturated heterocycles. The molecule has 1 atom stereocenters. The minimum absolute atomic E-state index is 0.0188. The van der Waals surface area contributed by atoms with Gasteiger partial charge in [0.2, 0.25) is 5.91 Å². The van der Waals surface area contributed by atoms with Crippen LogP contribution in [0.1, 0.15) is 30.9 Å². The van der Waals surface area contributed by atoms with E-state index in [-0.39, 0.29) is 11.8 Å². The van der Waals surface area contributed by atoms with Crippen LogP contribution in [0.5, 0.6) is 0 Å². The van der Waals surface area contributed by atoms with Crippen molar-refractivity contribution in [1.82, 2.24) is 15.5 Å². The number of ether oxygens (including phenoxy) is 1. The van der Waals surface area contributed by atoms with Crippen LogP contribution in [0.3, 0.4) is 0 Å². The SMILES string of the molecule is CCOCCNC(=NC)NCc1cccc(CN2CCCC(C(N)=O)C2)c1. The summed E-state index contributed by atoms with van der Waals surface area (Å²) in [6.07, 6.45) is 1.93. The van der Waals surface area contributed by atoms with E-state index in [0.717, 1.165) is 51.6 Å². The molecule has 0 aliphatic carbocycles. The van der Waals surface area contributed by atoms with Gasteiger partial charge in [-0.05, 0) is 37.4 Å². The van der Waals surface area contributed by atoms with Gasteiger partial charge >= 0.3 is 0 Å². The van der Waals surface area contributed by atoms with Crippen LogP contribution in [0.2, 0.25) is 0 Å². The highest BCUT2D eigenvalue weighted by molar-refractivity contribution is 5.79. The Morgan fingerprint density at radius 2 is 2.19 bits per heavy atom. The number of primary amides is 1. The molecule has 1 aromatic carbocycles. The van der Waals surface area contributed by atoms with Gasteiger partial charge in [-0.2, -0.15) is 0 Å². The second-order valence-corrected chi connectivity index (χ2v) is 6.85. The van der Waals surface area contributed by atoms with Crippen LogP contribution < -0.4 is 16.4 Å². The summed E-state index contributed by atoms with van der Waals surface area (Å²) in [5, 5.41) is 6.56. The zero-order chi connectivity index (χ0) is 19.5. The number of hydrogen-bond donors (Lipinski definition) is 3. The van der Waals surface area contributed by atoms with Gasteiger partial charge in [-0.1, -0.05) is 24.3 Å². The Hall–Kier alpha value is -2.12. The maximum atomic E-state index is 11.5. The van der Waals surface area contributed by atoms with Gasteiger partial charge in [-0.25, -0.2) is 0 Å². The van der Waals surface area contributed by atoms with E-state index >= 15 is 0 Å². The molecule has 7 heteroatoms. The van der Waals surface area contributed by atoms with E-state index in [4.69, 9.17) is 10.5 Å². The topological polar surface area (TPSA) is 92.0 Å². The second kappa shape index (κ2) is 11.6. The lowest BCUT2D eigenvalue weighted by molar-refractivity contribution is -0.123. The Morgan fingerprint density at radius 1 is 1.37 bits per heavy atom. The molecule has 1 aliphatic heterocycles. The Bertz CT molecular complexity index is 620. The molecule has 0 aromatic heterocycles. The van der Waals surface area contributed by atoms with Crippen molar-refractivity contribution < 1.29 is 9.53 Å². The molecule has 1 aliphatic rings. The zero-order valence-electron chi connectivity index (χ0n) is 16.5. The predicted octanol–water partition coefficient (Wildman–Crippen LogP) is 1.09. The number of aliphatic imine (C=N–C) groups is 1. The van der Waals surface area contributed by atoms with E-state index in [2.05, 4.69) is 44.8 Å². The lowest BCUT2D eigenvalue weighted by Crippen LogP contribution is -2.40. The van der Waals surface area contributed by atoms with E-state index < -0.39 is 0 Å². The molecule has 4 N–H and O–H groups in total. The van der Waals surface area contributed by atoms with Gasteiger partial charge in [0, 0.05) is 39.8 Å². The molecule has 1 aromatic rings. The fraction of sp³-hybridized carbons (Fsp3) is 0.600. The lowest BCUT2D eigenvalue weighted by atomic mass is 9.97. The highest BCUT2D eigenvalue weighted by Crippen LogP contribution is 2.18. The molecule has 2 rings (SSSR count). The number of nitrogens with two attached hydrogens (primary N) is 1. The third-order valence-corrected chi connectivity index (χ3v) is 4.73. The van der Waals surface area contributed by atoms with Crippen molar-refractivity contribution in [3.05, 3.63) is 35.4 Å². The highest BCUT2D eigenvalue weighted by Gasteiger charge is 2.23. The average molecular weight is 376 g/mol. The molecule has 150 valence electrons. The zero-order valence-corrected chi connectivity index (χ0v) is 16.5. The molecule has 1 unspecified atom stereocenters. The van der Waals surface area contributed by atoms with Crippen molar-refractivity contribution in [1.29, 1.82) is 0 Å². The van der Waals surface area contributed by atoms with Crippen LogP contribution in [-0.2, 0) is 22.6 Å². The number of amides is 1. The standard InChI is InChI=1S/C20H33N5O2/c1-3-27-11-9-23-20(22-2)24-13-16-6-4-7-17(12-16)14-25-10-5-8-18(15-25)19(21)26/h4,6-7,12,18H,3,5,8-11,13-15H2,1-2H3,(H2,21,26)(H2,22,23,24). The normalized spacial score (nSPS) is 18.3. The summed E-state index contributed by atoms with van der Waals surface area (Å²) in [7, 11) is 1.76. The molecule has 1 fully saturated rings. The van der Waals surface area contributed by atoms with Crippen LogP contribution in [0.4, 0.5) is 0 Å². The largest absolute Gasteiger partial charge is 0.380 e. The Labute approximate surface area is 162 Å². The number of guanidine groups is 1. The summed E-state index contributed by atoms with van der Waals surface area (Å²) in [6.45, 7) is 7.41. The average Bonchev–Trinajstić information content (AvgIpc) is 2.68. The summed E-state index contributed by atoms with van der Waals surface area (Å²) in [5.74, 6) is 0.566. The van der Waals surface area contributed by atoms with Gasteiger partial charge in [-0.15, -0.1) is 0 Å². The Balaban J connectivity index is 1.83. The molecule has 1 heterocycles. The lowest BCUT2D eigenvalue weighted by Gasteiger charge is -2.31. The maximum Gasteiger partial charge on any atom is 0.221 e. The number of hydrogen-bond acceptors (Lipinski definition) is 4. The van der Waals surface area contributed by atoms with E-state index in [1.807, 2.05) is 6.92 Å². The first-order valence-corrected chi connectivity index (χ1v) is 9.74. The van der Waals surface area contributed by atoms with Crippen LogP contribution >= 0.6 is 0 Å². The van der Waals surface area contributed by atoms with Gasteiger partial charge in [0.1, 0.15) is 0 Å². The highest BCUT2D eigenvalue weighted by atomic mass is 16.5. The van der Waals surface area contributed by atoms with Crippen molar-refractivity contribution in [2.45, 2.75) is 32.9 Å². The van der Waals surface area contributed by atoms with Crippen LogP contribution in [0, 0.1) is 5.92 Å². The molecule has 1 amide bonds. The van der Waals surface area contributed by atoms with E-state index in [9.17, 15) is 4.79 Å². The molecule has 27 heavy (non-hydrogen) atoms. The van der Waals surface area contributed by atoms with Crippen molar-refractivity contribution in [2.75, 3.05) is 39.9 Å². The van der Waals surface area contributed by atoms with E-state index in [0.29, 0.717) is 13.2 Å². The van der Waals surface area contributed by atoms with Crippen LogP contribution in [0.25, 0.3) is 0 Å². The number of carbonyl (C=O) groups is 1. The summed E-state index contributed by atoms with van der Waals surface area (Å²) in [5.41, 5.74) is 7.93. The van der Waals surface area contributed by atoms with Gasteiger partial charge < -0.3 is 21.1 Å². The van der Waals surface area contributed by atoms with Gasteiger partial charge in [0.05, 0.1) is 12.5 Å². The fourth-order valence-electron chi connectivity index (χ4n) is 3.32. The summed E-state index contributed by atoms with van der Waals surface area (Å²) in [6, 6.07) is 8.51. The first-order chi connectivity index (χ1) is 13.1. The van der Waals surface area contributed by atoms with Crippen molar-refractivity contribution in [2.24, 2.45) is 16.6 Å². The van der Waals surface area contributed by atoms with Crippen molar-refractivity contribution >= 4 is 11.9 Å². The van der Waals surface area contributed by atoms with Gasteiger partial charge in [0.25, 0.3) is 0 Å². The molecular weight excluding hydrogens is 342 g/mol. The van der Waals surface area contributed by atoms with Crippen molar-refractivity contribution in [3.8, 4) is 0 Å². The molecular formula is C20H33N5O2. The number of likely N-dealkylation sites (tertiary alicyclic amines) is 1. The number of piperidine rings is 1. The van der Waals surface area contributed by atoms with Gasteiger partial charge in [-0.3, -0.25) is 14.7 Å². The number of nitrogens with one attached hydrogen (secondary N) is 2. The van der Waals surface area contributed by atoms with Gasteiger partial charge in [0.15, 0.2) is 5.96 Å². The number of nitrogens with zero attached hydrogens (tertiary/aromatic N) is 2. The third kappa shape index (κ3) is 7.56. The fourth-order valence-corrected chi connectivity index (χ4v) is 3.32. The van der Waals surface area contributed by atoms with Crippen LogP contribution in [0.15, 0.2) is 29.3 Å². The van der Waals surface area contributed by atoms with Crippen molar-refractivity contribution in [3.63, 3.8) is 0 Å². The monoisotopic (exact) mass is 375 g/mol. The third-order valence-electron chi connectivity index (χ3n) is 4.73. The Kier molecular flexibility index (Phi) is 9.07. The number of benzene rings is 1. The summed E-state index contributed by atoms with van der Waals surface area (Å²) in [4.78, 5) is 18.0. The maximum absolute atomic E-state index is 11.5. The first kappa shape index (κ1) is 21.2. The molecule has 0 spiro atoms. The van der Waals surface area contributed by atoms with Crippen LogP contribution in [-0.4, -0.2) is 56.7 Å². The minimum Gasteiger partial charge on any atom is -0.380 e. The smallest absolute Gasteiger partial charge is 0.221 e. The predicted molar refractivity (Wildman–Crippen MR) is 108 cm³/mol. The van der Waals surface area contributed by atoms with E-state index in [1.165, 1.54) is 11.1 Å². The molecule has 0 bridgehead atoms.